The van der Waals surface area contributed by atoms with Crippen molar-refractivity contribution in [1.82, 2.24) is 15.5 Å². The molecule has 1 fully saturated rings. The molecule has 26 heavy (non-hydrogen) atoms. The Morgan fingerprint density at radius 3 is 2.58 bits per heavy atom. The number of benzene rings is 2. The van der Waals surface area contributed by atoms with Gasteiger partial charge in [0.25, 0.3) is 0 Å². The summed E-state index contributed by atoms with van der Waals surface area (Å²) in [6.07, 6.45) is 0. The normalized spacial score (nSPS) is 16.0. The summed E-state index contributed by atoms with van der Waals surface area (Å²) in [5.74, 6) is 0. The topological polar surface area (TPSA) is 53.6 Å². The van der Waals surface area contributed by atoms with Crippen LogP contribution in [-0.4, -0.2) is 43.8 Å². The van der Waals surface area contributed by atoms with E-state index >= 15 is 0 Å². The van der Waals surface area contributed by atoms with Gasteiger partial charge in [-0.1, -0.05) is 60.2 Å². The van der Waals surface area contributed by atoms with Crippen molar-refractivity contribution in [2.75, 3.05) is 32.8 Å². The molecule has 0 aromatic heterocycles. The lowest BCUT2D eigenvalue weighted by Gasteiger charge is -2.34. The van der Waals surface area contributed by atoms with E-state index in [1.807, 2.05) is 30.3 Å². The van der Waals surface area contributed by atoms with E-state index < -0.39 is 0 Å². The summed E-state index contributed by atoms with van der Waals surface area (Å²) < 4.78 is 5.47. The largest absolute Gasteiger partial charge is 0.379 e. The lowest BCUT2D eigenvalue weighted by atomic mass is 10.0. The highest BCUT2D eigenvalue weighted by molar-refractivity contribution is 5.73. The van der Waals surface area contributed by atoms with Crippen LogP contribution < -0.4 is 10.6 Å². The van der Waals surface area contributed by atoms with Crippen LogP contribution >= 0.6 is 0 Å². The zero-order chi connectivity index (χ0) is 18.2. The first-order valence-electron chi connectivity index (χ1n) is 9.16. The molecule has 1 saturated heterocycles. The fraction of sp³-hybridized carbons (Fsp3) is 0.381. The number of rotatable bonds is 6. The van der Waals surface area contributed by atoms with Crippen LogP contribution in [0.3, 0.4) is 0 Å². The summed E-state index contributed by atoms with van der Waals surface area (Å²) >= 11 is 0. The van der Waals surface area contributed by atoms with Crippen molar-refractivity contribution in [2.45, 2.75) is 19.5 Å². The van der Waals surface area contributed by atoms with Crippen LogP contribution in [0.2, 0.25) is 0 Å². The minimum Gasteiger partial charge on any atom is -0.379 e. The molecule has 0 spiro atoms. The molecule has 138 valence electrons. The molecule has 2 amide bonds. The second-order valence-corrected chi connectivity index (χ2v) is 6.63. The molecule has 5 nitrogen and oxygen atoms in total. The first kappa shape index (κ1) is 18.4. The first-order chi connectivity index (χ1) is 12.7. The SMILES string of the molecule is Cc1cccc(CNC(=O)NCC(c2ccccc2)N2CCOCC2)c1. The quantitative estimate of drug-likeness (QED) is 0.840. The molecule has 5 heteroatoms. The molecule has 1 unspecified atom stereocenters. The third kappa shape index (κ3) is 5.31. The number of hydrogen-bond acceptors (Lipinski definition) is 3. The summed E-state index contributed by atoms with van der Waals surface area (Å²) in [7, 11) is 0. The number of ether oxygens (including phenoxy) is 1. The van der Waals surface area contributed by atoms with Crippen molar-refractivity contribution in [1.29, 1.82) is 0 Å². The van der Waals surface area contributed by atoms with E-state index in [4.69, 9.17) is 4.74 Å². The molecule has 3 rings (SSSR count). The van der Waals surface area contributed by atoms with Gasteiger partial charge in [-0.25, -0.2) is 4.79 Å². The van der Waals surface area contributed by atoms with Gasteiger partial charge < -0.3 is 15.4 Å². The van der Waals surface area contributed by atoms with Crippen molar-refractivity contribution >= 4 is 6.03 Å². The minimum absolute atomic E-state index is 0.138. The van der Waals surface area contributed by atoms with Crippen molar-refractivity contribution < 1.29 is 9.53 Å². The van der Waals surface area contributed by atoms with Crippen LogP contribution in [0.5, 0.6) is 0 Å². The second-order valence-electron chi connectivity index (χ2n) is 6.63. The summed E-state index contributed by atoms with van der Waals surface area (Å²) in [5.41, 5.74) is 3.52. The second kappa shape index (κ2) is 9.36. The van der Waals surface area contributed by atoms with Gasteiger partial charge in [-0.3, -0.25) is 4.90 Å². The van der Waals surface area contributed by atoms with E-state index in [1.165, 1.54) is 11.1 Å². The van der Waals surface area contributed by atoms with Crippen LogP contribution in [0.1, 0.15) is 22.7 Å². The summed E-state index contributed by atoms with van der Waals surface area (Å²) in [5, 5.41) is 5.97. The van der Waals surface area contributed by atoms with Gasteiger partial charge in [0.1, 0.15) is 0 Å². The van der Waals surface area contributed by atoms with E-state index in [1.54, 1.807) is 0 Å². The molecular formula is C21H27N3O2. The molecule has 2 N–H and O–H groups in total. The van der Waals surface area contributed by atoms with Crippen molar-refractivity contribution in [3.8, 4) is 0 Å². The predicted molar refractivity (Wildman–Crippen MR) is 103 cm³/mol. The minimum atomic E-state index is -0.138. The summed E-state index contributed by atoms with van der Waals surface area (Å²) in [4.78, 5) is 14.6. The maximum atomic E-state index is 12.3. The van der Waals surface area contributed by atoms with Gasteiger partial charge in [0.05, 0.1) is 19.3 Å². The maximum Gasteiger partial charge on any atom is 0.315 e. The van der Waals surface area contributed by atoms with E-state index in [0.717, 1.165) is 31.9 Å². The lowest BCUT2D eigenvalue weighted by Crippen LogP contribution is -2.45. The highest BCUT2D eigenvalue weighted by Gasteiger charge is 2.22. The number of nitrogens with one attached hydrogen (secondary N) is 2. The van der Waals surface area contributed by atoms with Gasteiger partial charge in [0, 0.05) is 26.2 Å². The molecular weight excluding hydrogens is 326 g/mol. The van der Waals surface area contributed by atoms with Crippen molar-refractivity contribution in [3.63, 3.8) is 0 Å². The smallest absolute Gasteiger partial charge is 0.315 e. The Labute approximate surface area is 155 Å². The van der Waals surface area contributed by atoms with E-state index in [9.17, 15) is 4.79 Å². The van der Waals surface area contributed by atoms with Crippen LogP contribution in [0.15, 0.2) is 54.6 Å². The average molecular weight is 353 g/mol. The number of hydrogen-bond donors (Lipinski definition) is 2. The fourth-order valence-corrected chi connectivity index (χ4v) is 3.28. The number of carbonyl (C=O) groups excluding carboxylic acids is 1. The third-order valence-electron chi connectivity index (χ3n) is 4.66. The Hall–Kier alpha value is -2.37. The first-order valence-corrected chi connectivity index (χ1v) is 9.16. The standard InChI is InChI=1S/C21H27N3O2/c1-17-6-5-7-18(14-17)15-22-21(25)23-16-20(19-8-3-2-4-9-19)24-10-12-26-13-11-24/h2-9,14,20H,10-13,15-16H2,1H3,(H2,22,23,25). The third-order valence-corrected chi connectivity index (χ3v) is 4.66. The van der Waals surface area contributed by atoms with Crippen molar-refractivity contribution in [3.05, 3.63) is 71.3 Å². The predicted octanol–water partition coefficient (Wildman–Crippen LogP) is 2.87. The van der Waals surface area contributed by atoms with Gasteiger partial charge in [-0.2, -0.15) is 0 Å². The van der Waals surface area contributed by atoms with E-state index in [0.29, 0.717) is 13.1 Å². The number of nitrogens with zero attached hydrogens (tertiary/aromatic N) is 1. The Kier molecular flexibility index (Phi) is 6.63. The molecule has 1 atom stereocenters. The molecule has 2 aromatic carbocycles. The van der Waals surface area contributed by atoms with E-state index in [2.05, 4.69) is 46.7 Å². The van der Waals surface area contributed by atoms with Crippen LogP contribution in [0.4, 0.5) is 4.79 Å². The number of carbonyl (C=O) groups is 1. The number of urea groups is 1. The van der Waals surface area contributed by atoms with E-state index in [-0.39, 0.29) is 12.1 Å². The molecule has 1 aliphatic rings. The lowest BCUT2D eigenvalue weighted by molar-refractivity contribution is 0.0167. The summed E-state index contributed by atoms with van der Waals surface area (Å²) in [6, 6.07) is 18.5. The monoisotopic (exact) mass is 353 g/mol. The Morgan fingerprint density at radius 1 is 1.08 bits per heavy atom. The highest BCUT2D eigenvalue weighted by Crippen LogP contribution is 2.20. The molecule has 1 aliphatic heterocycles. The van der Waals surface area contributed by atoms with Crippen LogP contribution in [-0.2, 0) is 11.3 Å². The molecule has 0 radical (unpaired) electrons. The fourth-order valence-electron chi connectivity index (χ4n) is 3.28. The van der Waals surface area contributed by atoms with Gasteiger partial charge in [-0.15, -0.1) is 0 Å². The number of amides is 2. The Bertz CT molecular complexity index is 699. The van der Waals surface area contributed by atoms with Gasteiger partial charge >= 0.3 is 6.03 Å². The highest BCUT2D eigenvalue weighted by atomic mass is 16.5. The van der Waals surface area contributed by atoms with Crippen molar-refractivity contribution in [2.24, 2.45) is 0 Å². The summed E-state index contributed by atoms with van der Waals surface area (Å²) in [6.45, 7) is 6.39. The number of morpholine rings is 1. The van der Waals surface area contributed by atoms with Crippen LogP contribution in [0, 0.1) is 6.92 Å². The maximum absolute atomic E-state index is 12.3. The zero-order valence-corrected chi connectivity index (χ0v) is 15.3. The zero-order valence-electron chi connectivity index (χ0n) is 15.3. The van der Waals surface area contributed by atoms with Gasteiger partial charge in [-0.05, 0) is 18.1 Å². The molecule has 1 heterocycles. The van der Waals surface area contributed by atoms with Gasteiger partial charge in [0.15, 0.2) is 0 Å². The molecule has 2 aromatic rings. The molecule has 0 saturated carbocycles. The molecule has 0 aliphatic carbocycles. The Morgan fingerprint density at radius 2 is 1.85 bits per heavy atom. The Balaban J connectivity index is 1.55. The van der Waals surface area contributed by atoms with Gasteiger partial charge in [0.2, 0.25) is 0 Å². The molecule has 0 bridgehead atoms. The number of aryl methyl sites for hydroxylation is 1. The van der Waals surface area contributed by atoms with Crippen LogP contribution in [0.25, 0.3) is 0 Å². The average Bonchev–Trinajstić information content (AvgIpc) is 2.68.